The van der Waals surface area contributed by atoms with Crippen LogP contribution < -0.4 is 10.5 Å². The van der Waals surface area contributed by atoms with Crippen LogP contribution in [0.4, 0.5) is 18.9 Å². The number of nitrogens with zero attached hydrogens (tertiary/aromatic N) is 1. The molecule has 0 aliphatic carbocycles. The Morgan fingerprint density at radius 2 is 1.89 bits per heavy atom. The Morgan fingerprint density at radius 3 is 2.54 bits per heavy atom. The van der Waals surface area contributed by atoms with Gasteiger partial charge < -0.3 is 15.2 Å². The first kappa shape index (κ1) is 18.6. The summed E-state index contributed by atoms with van der Waals surface area (Å²) in [4.78, 5) is 4.51. The summed E-state index contributed by atoms with van der Waals surface area (Å²) in [6.07, 6.45) is -4.54. The number of aryl methyl sites for hydroxylation is 1. The number of hydrogen-bond donors (Lipinski definition) is 1. The lowest BCUT2D eigenvalue weighted by Gasteiger charge is -2.28. The van der Waals surface area contributed by atoms with Crippen molar-refractivity contribution in [3.8, 4) is 5.75 Å². The van der Waals surface area contributed by atoms with E-state index < -0.39 is 24.3 Å². The topological polar surface area (TPSA) is 60.7 Å². The molecule has 2 aromatic carbocycles. The van der Waals surface area contributed by atoms with Gasteiger partial charge >= 0.3 is 6.18 Å². The maximum atomic E-state index is 14.0. The van der Waals surface area contributed by atoms with Crippen molar-refractivity contribution >= 4 is 16.6 Å². The smallest absolute Gasteiger partial charge is 0.420 e. The average Bonchev–Trinajstić information content (AvgIpc) is 3.45. The minimum absolute atomic E-state index is 0.403. The standard InChI is InChI=1S/C21H19F3N2O2/c1-12-15(10-16-17(25)7-4-8-18(16)26-12)19(20(11-28-20)21(22,23)24)13-5-3-6-14(9-13)27-2/h3-10,19H,11,25H2,1-2H3. The number of epoxide rings is 1. The van der Waals surface area contributed by atoms with E-state index >= 15 is 0 Å². The Morgan fingerprint density at radius 1 is 1.18 bits per heavy atom. The molecule has 0 bridgehead atoms. The van der Waals surface area contributed by atoms with Crippen LogP contribution in [0.15, 0.2) is 48.5 Å². The first-order valence-electron chi connectivity index (χ1n) is 8.77. The van der Waals surface area contributed by atoms with Crippen LogP contribution in [-0.4, -0.2) is 30.5 Å². The van der Waals surface area contributed by atoms with Crippen LogP contribution in [0.5, 0.6) is 5.75 Å². The lowest BCUT2D eigenvalue weighted by molar-refractivity contribution is -0.187. The van der Waals surface area contributed by atoms with Crippen LogP contribution in [-0.2, 0) is 4.74 Å². The number of hydrogen-bond acceptors (Lipinski definition) is 4. The van der Waals surface area contributed by atoms with Gasteiger partial charge in [-0.3, -0.25) is 4.98 Å². The molecule has 4 rings (SSSR count). The zero-order valence-corrected chi connectivity index (χ0v) is 15.4. The Hall–Kier alpha value is -2.80. The number of ether oxygens (including phenoxy) is 2. The molecule has 1 aliphatic heterocycles. The van der Waals surface area contributed by atoms with Crippen LogP contribution in [0.3, 0.4) is 0 Å². The summed E-state index contributed by atoms with van der Waals surface area (Å²) in [5.41, 5.74) is 6.27. The highest BCUT2D eigenvalue weighted by Crippen LogP contribution is 2.56. The summed E-state index contributed by atoms with van der Waals surface area (Å²) in [5, 5.41) is 0.619. The molecule has 1 saturated heterocycles. The van der Waals surface area contributed by atoms with E-state index in [-0.39, 0.29) is 0 Å². The number of pyridine rings is 1. The van der Waals surface area contributed by atoms with E-state index in [9.17, 15) is 13.2 Å². The SMILES string of the molecule is COc1cccc(C(c2cc3c(N)cccc3nc2C)C2(C(F)(F)F)CO2)c1. The van der Waals surface area contributed by atoms with Crippen LogP contribution >= 0.6 is 0 Å². The van der Waals surface area contributed by atoms with Gasteiger partial charge in [0.1, 0.15) is 5.75 Å². The van der Waals surface area contributed by atoms with E-state index in [1.54, 1.807) is 55.5 Å². The van der Waals surface area contributed by atoms with Crippen LogP contribution in [0, 0.1) is 6.92 Å². The van der Waals surface area contributed by atoms with Gasteiger partial charge in [-0.2, -0.15) is 13.2 Å². The highest BCUT2D eigenvalue weighted by molar-refractivity contribution is 5.91. The first-order valence-corrected chi connectivity index (χ1v) is 8.77. The summed E-state index contributed by atoms with van der Waals surface area (Å²) in [6.45, 7) is 1.30. The molecule has 4 nitrogen and oxygen atoms in total. The Bertz CT molecular complexity index is 1050. The second-order valence-corrected chi connectivity index (χ2v) is 6.96. The van der Waals surface area contributed by atoms with Crippen molar-refractivity contribution in [2.75, 3.05) is 19.5 Å². The third-order valence-corrected chi connectivity index (χ3v) is 5.26. The second-order valence-electron chi connectivity index (χ2n) is 6.96. The third-order valence-electron chi connectivity index (χ3n) is 5.26. The Balaban J connectivity index is 1.98. The third kappa shape index (κ3) is 2.86. The number of aromatic nitrogens is 1. The number of halogens is 3. The van der Waals surface area contributed by atoms with Gasteiger partial charge in [0.25, 0.3) is 0 Å². The molecule has 7 heteroatoms. The number of rotatable bonds is 4. The van der Waals surface area contributed by atoms with E-state index in [0.29, 0.717) is 39.2 Å². The summed E-state index contributed by atoms with van der Waals surface area (Å²) >= 11 is 0. The fraction of sp³-hybridized carbons (Fsp3) is 0.286. The van der Waals surface area contributed by atoms with Gasteiger partial charge in [0, 0.05) is 16.8 Å². The monoisotopic (exact) mass is 388 g/mol. The molecule has 2 unspecified atom stereocenters. The minimum Gasteiger partial charge on any atom is -0.497 e. The highest BCUT2D eigenvalue weighted by Gasteiger charge is 2.70. The van der Waals surface area contributed by atoms with Gasteiger partial charge in [-0.05, 0) is 48.4 Å². The fourth-order valence-corrected chi connectivity index (χ4v) is 3.72. The summed E-state index contributed by atoms with van der Waals surface area (Å²) < 4.78 is 52.4. The maximum Gasteiger partial charge on any atom is 0.420 e. The molecule has 0 amide bonds. The maximum absolute atomic E-state index is 14.0. The molecule has 28 heavy (non-hydrogen) atoms. The van der Waals surface area contributed by atoms with E-state index in [1.165, 1.54) is 7.11 Å². The molecule has 2 heterocycles. The van der Waals surface area contributed by atoms with Crippen molar-refractivity contribution in [1.29, 1.82) is 0 Å². The van der Waals surface area contributed by atoms with Gasteiger partial charge in [0.05, 0.1) is 25.2 Å². The first-order chi connectivity index (χ1) is 13.3. The lowest BCUT2D eigenvalue weighted by atomic mass is 9.79. The zero-order valence-electron chi connectivity index (χ0n) is 15.4. The van der Waals surface area contributed by atoms with Gasteiger partial charge in [-0.1, -0.05) is 18.2 Å². The van der Waals surface area contributed by atoms with Crippen molar-refractivity contribution in [3.05, 3.63) is 65.4 Å². The van der Waals surface area contributed by atoms with Crippen molar-refractivity contribution in [3.63, 3.8) is 0 Å². The van der Waals surface area contributed by atoms with Crippen molar-refractivity contribution in [2.24, 2.45) is 0 Å². The number of benzene rings is 2. The summed E-state index contributed by atoms with van der Waals surface area (Å²) in [5.74, 6) is -0.606. The number of fused-ring (bicyclic) bond motifs is 1. The molecule has 3 aromatic rings. The predicted molar refractivity (Wildman–Crippen MR) is 100 cm³/mol. The molecule has 1 fully saturated rings. The molecular weight excluding hydrogens is 369 g/mol. The van der Waals surface area contributed by atoms with Gasteiger partial charge in [0.15, 0.2) is 5.60 Å². The lowest BCUT2D eigenvalue weighted by Crippen LogP contribution is -2.39. The van der Waals surface area contributed by atoms with E-state index in [1.807, 2.05) is 0 Å². The number of alkyl halides is 3. The molecule has 0 radical (unpaired) electrons. The number of nitrogen functional groups attached to an aromatic ring is 1. The van der Waals surface area contributed by atoms with Crippen LogP contribution in [0.1, 0.15) is 22.7 Å². The van der Waals surface area contributed by atoms with Crippen molar-refractivity contribution < 1.29 is 22.6 Å². The van der Waals surface area contributed by atoms with Gasteiger partial charge in [0.2, 0.25) is 0 Å². The van der Waals surface area contributed by atoms with Crippen molar-refractivity contribution in [2.45, 2.75) is 24.6 Å². The Kier molecular flexibility index (Phi) is 4.23. The number of anilines is 1. The largest absolute Gasteiger partial charge is 0.497 e. The normalized spacial score (nSPS) is 20.2. The molecule has 1 aromatic heterocycles. The van der Waals surface area contributed by atoms with Gasteiger partial charge in [-0.25, -0.2) is 0 Å². The quantitative estimate of drug-likeness (QED) is 0.524. The number of nitrogens with two attached hydrogens (primary N) is 1. The number of methoxy groups -OCH3 is 1. The zero-order chi connectivity index (χ0) is 20.1. The molecular formula is C21H19F3N2O2. The molecule has 1 aliphatic rings. The summed E-state index contributed by atoms with van der Waals surface area (Å²) in [7, 11) is 1.48. The Labute approximate surface area is 160 Å². The van der Waals surface area contributed by atoms with E-state index in [4.69, 9.17) is 15.2 Å². The van der Waals surface area contributed by atoms with Gasteiger partial charge in [-0.15, -0.1) is 0 Å². The molecule has 2 atom stereocenters. The molecule has 0 saturated carbocycles. The second kappa shape index (κ2) is 6.38. The summed E-state index contributed by atoms with van der Waals surface area (Å²) in [6, 6.07) is 13.6. The fourth-order valence-electron chi connectivity index (χ4n) is 3.72. The van der Waals surface area contributed by atoms with Crippen LogP contribution in [0.2, 0.25) is 0 Å². The predicted octanol–water partition coefficient (Wildman–Crippen LogP) is 4.60. The van der Waals surface area contributed by atoms with E-state index in [0.717, 1.165) is 0 Å². The minimum atomic E-state index is -4.54. The van der Waals surface area contributed by atoms with E-state index in [2.05, 4.69) is 4.98 Å². The highest BCUT2D eigenvalue weighted by atomic mass is 19.4. The molecule has 146 valence electrons. The van der Waals surface area contributed by atoms with Crippen LogP contribution in [0.25, 0.3) is 10.9 Å². The molecule has 0 spiro atoms. The van der Waals surface area contributed by atoms with Crippen molar-refractivity contribution in [1.82, 2.24) is 4.98 Å². The average molecular weight is 388 g/mol. The molecule has 2 N–H and O–H groups in total.